The van der Waals surface area contributed by atoms with Crippen LogP contribution in [0.4, 0.5) is 5.69 Å². The molecule has 1 aromatic heterocycles. The van der Waals surface area contributed by atoms with Gasteiger partial charge in [-0.25, -0.2) is 0 Å². The summed E-state index contributed by atoms with van der Waals surface area (Å²) in [7, 11) is 0. The molecule has 1 amide bonds. The molecular formula is C23H19BrN4O2S2. The van der Waals surface area contributed by atoms with Crippen molar-refractivity contribution in [3.63, 3.8) is 0 Å². The van der Waals surface area contributed by atoms with Crippen LogP contribution in [0, 0.1) is 0 Å². The van der Waals surface area contributed by atoms with Gasteiger partial charge in [-0.05, 0) is 54.8 Å². The molecule has 1 heterocycles. The first-order chi connectivity index (χ1) is 15.5. The lowest BCUT2D eigenvalue weighted by atomic mass is 10.2. The van der Waals surface area contributed by atoms with Gasteiger partial charge in [0.05, 0.1) is 11.3 Å². The number of carbonyl (C=O) groups excluding carboxylic acids is 1. The van der Waals surface area contributed by atoms with Crippen molar-refractivity contribution in [3.8, 4) is 22.8 Å². The third kappa shape index (κ3) is 5.17. The van der Waals surface area contributed by atoms with Crippen LogP contribution in [0.1, 0.15) is 0 Å². The second-order valence-corrected chi connectivity index (χ2v) is 9.45. The standard InChI is InChI=1S/C23H19BrN4O2S2/c1-31-18-9-5-6-16(13-18)25-21(30)14-32-23-27-26-22(19-12-15(24)10-11-20(19)29)28(23)17-7-3-2-4-8-17/h2-13,29H,14H2,1H3,(H,25,30). The largest absolute Gasteiger partial charge is 0.507 e. The molecule has 0 saturated heterocycles. The fourth-order valence-corrected chi connectivity index (χ4v) is 4.64. The Balaban J connectivity index is 1.61. The summed E-state index contributed by atoms with van der Waals surface area (Å²) in [5.74, 6) is 0.618. The summed E-state index contributed by atoms with van der Waals surface area (Å²) < 4.78 is 2.65. The number of halogens is 1. The van der Waals surface area contributed by atoms with Gasteiger partial charge in [0.1, 0.15) is 5.75 Å². The van der Waals surface area contributed by atoms with Crippen molar-refractivity contribution in [1.29, 1.82) is 0 Å². The summed E-state index contributed by atoms with van der Waals surface area (Å²) in [6, 6.07) is 22.5. The molecule has 0 aliphatic heterocycles. The van der Waals surface area contributed by atoms with Crippen molar-refractivity contribution >= 4 is 51.0 Å². The molecule has 0 bridgehead atoms. The van der Waals surface area contributed by atoms with E-state index >= 15 is 0 Å². The van der Waals surface area contributed by atoms with Crippen LogP contribution in [0.2, 0.25) is 0 Å². The van der Waals surface area contributed by atoms with Crippen molar-refractivity contribution in [2.75, 3.05) is 17.3 Å². The Labute approximate surface area is 202 Å². The minimum Gasteiger partial charge on any atom is -0.507 e. The van der Waals surface area contributed by atoms with Gasteiger partial charge in [0.25, 0.3) is 0 Å². The van der Waals surface area contributed by atoms with Gasteiger partial charge in [-0.1, -0.05) is 52.0 Å². The second kappa shape index (κ2) is 10.2. The maximum absolute atomic E-state index is 12.6. The average Bonchev–Trinajstić information content (AvgIpc) is 3.23. The van der Waals surface area contributed by atoms with Gasteiger partial charge in [0, 0.05) is 20.7 Å². The molecular weight excluding hydrogens is 508 g/mol. The molecule has 32 heavy (non-hydrogen) atoms. The number of amides is 1. The van der Waals surface area contributed by atoms with E-state index in [1.54, 1.807) is 30.0 Å². The van der Waals surface area contributed by atoms with Crippen LogP contribution in [-0.2, 0) is 4.79 Å². The molecule has 0 saturated carbocycles. The van der Waals surface area contributed by atoms with Gasteiger partial charge in [-0.15, -0.1) is 22.0 Å². The highest BCUT2D eigenvalue weighted by atomic mass is 79.9. The molecule has 0 radical (unpaired) electrons. The van der Waals surface area contributed by atoms with Gasteiger partial charge in [0.2, 0.25) is 5.91 Å². The Kier molecular flexibility index (Phi) is 7.19. The highest BCUT2D eigenvalue weighted by molar-refractivity contribution is 9.10. The number of rotatable bonds is 7. The molecule has 9 heteroatoms. The highest BCUT2D eigenvalue weighted by Crippen LogP contribution is 2.34. The normalized spacial score (nSPS) is 10.8. The molecule has 0 aliphatic carbocycles. The van der Waals surface area contributed by atoms with Crippen molar-refractivity contribution in [2.45, 2.75) is 10.1 Å². The molecule has 162 valence electrons. The number of aromatic nitrogens is 3. The molecule has 3 aromatic carbocycles. The number of nitrogens with one attached hydrogen (secondary N) is 1. The van der Waals surface area contributed by atoms with Crippen LogP contribution >= 0.6 is 39.5 Å². The van der Waals surface area contributed by atoms with E-state index in [4.69, 9.17) is 0 Å². The third-order valence-corrected chi connectivity index (χ3v) is 6.68. The predicted molar refractivity (Wildman–Crippen MR) is 134 cm³/mol. The number of hydrogen-bond acceptors (Lipinski definition) is 6. The number of thioether (sulfide) groups is 2. The zero-order valence-corrected chi connectivity index (χ0v) is 20.2. The molecule has 4 aromatic rings. The van der Waals surface area contributed by atoms with Gasteiger partial charge in [-0.2, -0.15) is 0 Å². The first kappa shape index (κ1) is 22.4. The second-order valence-electron chi connectivity index (χ2n) is 6.71. The summed E-state index contributed by atoms with van der Waals surface area (Å²) in [6.45, 7) is 0. The average molecular weight is 527 g/mol. The maximum Gasteiger partial charge on any atom is 0.234 e. The number of para-hydroxylation sites is 1. The number of phenolic OH excluding ortho intramolecular Hbond substituents is 1. The van der Waals surface area contributed by atoms with E-state index in [0.29, 0.717) is 16.5 Å². The van der Waals surface area contributed by atoms with Crippen LogP contribution in [0.15, 0.2) is 87.3 Å². The Morgan fingerprint density at radius 2 is 1.88 bits per heavy atom. The highest BCUT2D eigenvalue weighted by Gasteiger charge is 2.19. The number of nitrogens with zero attached hydrogens (tertiary/aromatic N) is 3. The number of phenols is 1. The summed E-state index contributed by atoms with van der Waals surface area (Å²) in [5, 5.41) is 22.5. The van der Waals surface area contributed by atoms with E-state index in [0.717, 1.165) is 20.7 Å². The SMILES string of the molecule is CSc1cccc(NC(=O)CSc2nnc(-c3cc(Br)ccc3O)n2-c2ccccc2)c1. The van der Waals surface area contributed by atoms with E-state index in [1.807, 2.05) is 65.4 Å². The Morgan fingerprint density at radius 3 is 2.66 bits per heavy atom. The van der Waals surface area contributed by atoms with Crippen molar-refractivity contribution in [2.24, 2.45) is 0 Å². The summed E-state index contributed by atoms with van der Waals surface area (Å²) in [6.07, 6.45) is 1.99. The van der Waals surface area contributed by atoms with Gasteiger partial charge in [0.15, 0.2) is 11.0 Å². The third-order valence-electron chi connectivity index (χ3n) is 4.53. The van der Waals surface area contributed by atoms with E-state index in [-0.39, 0.29) is 17.4 Å². The number of hydrogen-bond donors (Lipinski definition) is 2. The topological polar surface area (TPSA) is 80.0 Å². The number of benzene rings is 3. The lowest BCUT2D eigenvalue weighted by Gasteiger charge is -2.11. The number of anilines is 1. The summed E-state index contributed by atoms with van der Waals surface area (Å²) in [4.78, 5) is 13.6. The van der Waals surface area contributed by atoms with Crippen LogP contribution in [0.25, 0.3) is 17.1 Å². The van der Waals surface area contributed by atoms with Crippen LogP contribution in [-0.4, -0.2) is 37.8 Å². The summed E-state index contributed by atoms with van der Waals surface area (Å²) >= 11 is 6.35. The quantitative estimate of drug-likeness (QED) is 0.294. The van der Waals surface area contributed by atoms with E-state index in [1.165, 1.54) is 11.8 Å². The molecule has 0 unspecified atom stereocenters. The minimum absolute atomic E-state index is 0.0979. The fourth-order valence-electron chi connectivity index (χ4n) is 3.06. The van der Waals surface area contributed by atoms with Crippen molar-refractivity contribution < 1.29 is 9.90 Å². The molecule has 4 rings (SSSR count). The van der Waals surface area contributed by atoms with Crippen molar-refractivity contribution in [3.05, 3.63) is 77.3 Å². The van der Waals surface area contributed by atoms with Gasteiger partial charge < -0.3 is 10.4 Å². The maximum atomic E-state index is 12.6. The first-order valence-corrected chi connectivity index (χ1v) is 12.6. The predicted octanol–water partition coefficient (Wildman–Crippen LogP) is 5.86. The zero-order valence-electron chi connectivity index (χ0n) is 17.0. The van der Waals surface area contributed by atoms with E-state index in [9.17, 15) is 9.90 Å². The molecule has 0 atom stereocenters. The summed E-state index contributed by atoms with van der Waals surface area (Å²) in [5.41, 5.74) is 2.13. The number of carbonyl (C=O) groups is 1. The minimum atomic E-state index is -0.136. The Morgan fingerprint density at radius 1 is 1.06 bits per heavy atom. The van der Waals surface area contributed by atoms with Crippen LogP contribution in [0.5, 0.6) is 5.75 Å². The number of aromatic hydroxyl groups is 1. The molecule has 6 nitrogen and oxygen atoms in total. The Hall–Kier alpha value is -2.75. The Bertz CT molecular complexity index is 1250. The fraction of sp³-hybridized carbons (Fsp3) is 0.0870. The van der Waals surface area contributed by atoms with E-state index < -0.39 is 0 Å². The van der Waals surface area contributed by atoms with Gasteiger partial charge in [-0.3, -0.25) is 9.36 Å². The monoisotopic (exact) mass is 526 g/mol. The molecule has 0 fully saturated rings. The lowest BCUT2D eigenvalue weighted by molar-refractivity contribution is -0.113. The van der Waals surface area contributed by atoms with Crippen molar-refractivity contribution in [1.82, 2.24) is 14.8 Å². The van der Waals surface area contributed by atoms with Crippen LogP contribution in [0.3, 0.4) is 0 Å². The zero-order chi connectivity index (χ0) is 22.5. The van der Waals surface area contributed by atoms with Crippen LogP contribution < -0.4 is 5.32 Å². The lowest BCUT2D eigenvalue weighted by Crippen LogP contribution is -2.14. The molecule has 2 N–H and O–H groups in total. The first-order valence-electron chi connectivity index (χ1n) is 9.61. The molecule has 0 spiro atoms. The smallest absolute Gasteiger partial charge is 0.234 e. The molecule has 0 aliphatic rings. The van der Waals surface area contributed by atoms with E-state index in [2.05, 4.69) is 31.4 Å². The van der Waals surface area contributed by atoms with Gasteiger partial charge >= 0.3 is 0 Å².